The molecule has 10 nitrogen and oxygen atoms in total. The van der Waals surface area contributed by atoms with Crippen molar-refractivity contribution in [3.05, 3.63) is 30.1 Å². The number of pyridine rings is 1. The third-order valence-electron chi connectivity index (χ3n) is 4.54. The number of Topliss-reactive ketones (excluding diaryl/α,β-unsaturated/α-hetero) is 1. The van der Waals surface area contributed by atoms with Gasteiger partial charge in [0.15, 0.2) is 5.78 Å². The maximum atomic E-state index is 12.8. The summed E-state index contributed by atoms with van der Waals surface area (Å²) in [5, 5.41) is 5.21. The van der Waals surface area contributed by atoms with Crippen molar-refractivity contribution < 1.29 is 28.7 Å². The molecule has 1 saturated heterocycles. The summed E-state index contributed by atoms with van der Waals surface area (Å²) in [6.45, 7) is 8.94. The quantitative estimate of drug-likeness (QED) is 0.653. The lowest BCUT2D eigenvalue weighted by Crippen LogP contribution is -2.52. The summed E-state index contributed by atoms with van der Waals surface area (Å²) in [6.07, 6.45) is 2.18. The van der Waals surface area contributed by atoms with Gasteiger partial charge in [0.1, 0.15) is 24.3 Å². The molecule has 0 aliphatic carbocycles. The van der Waals surface area contributed by atoms with Crippen LogP contribution in [-0.4, -0.2) is 64.5 Å². The van der Waals surface area contributed by atoms with E-state index >= 15 is 0 Å². The Kier molecular flexibility index (Phi) is 8.56. The van der Waals surface area contributed by atoms with Crippen molar-refractivity contribution in [2.24, 2.45) is 5.92 Å². The fourth-order valence-corrected chi connectivity index (χ4v) is 3.06. The van der Waals surface area contributed by atoms with Gasteiger partial charge in [-0.3, -0.25) is 19.5 Å². The molecule has 32 heavy (non-hydrogen) atoms. The number of likely N-dealkylation sites (tertiary alicyclic amines) is 1. The number of nitrogens with zero attached hydrogens (tertiary/aromatic N) is 2. The minimum absolute atomic E-state index is 0.0143. The van der Waals surface area contributed by atoms with Crippen LogP contribution < -0.4 is 10.6 Å². The molecule has 1 unspecified atom stereocenters. The molecule has 0 spiro atoms. The normalized spacial score (nSPS) is 17.1. The predicted molar refractivity (Wildman–Crippen MR) is 116 cm³/mol. The molecule has 1 fully saturated rings. The Hall–Kier alpha value is -3.17. The van der Waals surface area contributed by atoms with Crippen LogP contribution in [0.5, 0.6) is 0 Å². The molecular formula is C22H32N4O6. The molecule has 1 aliphatic rings. The third-order valence-corrected chi connectivity index (χ3v) is 4.54. The minimum Gasteiger partial charge on any atom is -0.445 e. The van der Waals surface area contributed by atoms with Gasteiger partial charge in [0.2, 0.25) is 5.91 Å². The lowest BCUT2D eigenvalue weighted by atomic mass is 10.0. The van der Waals surface area contributed by atoms with Gasteiger partial charge >= 0.3 is 12.2 Å². The molecule has 2 heterocycles. The van der Waals surface area contributed by atoms with E-state index in [0.717, 1.165) is 5.56 Å². The van der Waals surface area contributed by atoms with Crippen LogP contribution in [0.15, 0.2) is 24.5 Å². The molecule has 1 aliphatic heterocycles. The van der Waals surface area contributed by atoms with Crippen LogP contribution in [0.1, 0.15) is 46.6 Å². The molecule has 10 heteroatoms. The van der Waals surface area contributed by atoms with Crippen LogP contribution in [-0.2, 0) is 25.7 Å². The maximum Gasteiger partial charge on any atom is 0.410 e. The van der Waals surface area contributed by atoms with E-state index in [4.69, 9.17) is 9.47 Å². The Morgan fingerprint density at radius 3 is 2.47 bits per heavy atom. The van der Waals surface area contributed by atoms with Crippen molar-refractivity contribution in [2.45, 2.75) is 65.3 Å². The number of rotatable bonds is 7. The van der Waals surface area contributed by atoms with Crippen LogP contribution in [0.4, 0.5) is 9.59 Å². The van der Waals surface area contributed by atoms with E-state index in [9.17, 15) is 19.2 Å². The van der Waals surface area contributed by atoms with Gasteiger partial charge in [-0.15, -0.1) is 0 Å². The highest BCUT2D eigenvalue weighted by atomic mass is 16.6. The maximum absolute atomic E-state index is 12.8. The van der Waals surface area contributed by atoms with Gasteiger partial charge in [-0.05, 0) is 50.8 Å². The Balaban J connectivity index is 1.93. The SMILES string of the molecule is CC(C)C[C@H](NC(=O)OCc1ccncc1)C(=O)NC1CN(C(=O)OC(C)(C)C)CC1=O. The molecular weight excluding hydrogens is 416 g/mol. The summed E-state index contributed by atoms with van der Waals surface area (Å²) in [5.74, 6) is -0.708. The summed E-state index contributed by atoms with van der Waals surface area (Å²) in [5.41, 5.74) is 0.0727. The molecule has 0 aromatic carbocycles. The largest absolute Gasteiger partial charge is 0.445 e. The number of hydrogen-bond acceptors (Lipinski definition) is 7. The number of carbonyl (C=O) groups excluding carboxylic acids is 4. The van der Waals surface area contributed by atoms with Gasteiger partial charge in [-0.2, -0.15) is 0 Å². The van der Waals surface area contributed by atoms with E-state index in [1.54, 1.807) is 45.3 Å². The van der Waals surface area contributed by atoms with Crippen molar-refractivity contribution in [2.75, 3.05) is 13.1 Å². The minimum atomic E-state index is -0.886. The fourth-order valence-electron chi connectivity index (χ4n) is 3.06. The lowest BCUT2D eigenvalue weighted by Gasteiger charge is -2.24. The van der Waals surface area contributed by atoms with Crippen molar-refractivity contribution in [3.8, 4) is 0 Å². The van der Waals surface area contributed by atoms with Gasteiger partial charge in [0, 0.05) is 12.4 Å². The molecule has 0 radical (unpaired) electrons. The fraction of sp³-hybridized carbons (Fsp3) is 0.591. The van der Waals surface area contributed by atoms with Crippen LogP contribution in [0, 0.1) is 5.92 Å². The van der Waals surface area contributed by atoms with Crippen molar-refractivity contribution in [1.82, 2.24) is 20.5 Å². The summed E-state index contributed by atoms with van der Waals surface area (Å²) in [6, 6.07) is 1.68. The van der Waals surface area contributed by atoms with E-state index < -0.39 is 35.8 Å². The first-order chi connectivity index (χ1) is 14.9. The number of amides is 3. The Labute approximate surface area is 188 Å². The Bertz CT molecular complexity index is 821. The van der Waals surface area contributed by atoms with Crippen LogP contribution in [0.2, 0.25) is 0 Å². The molecule has 2 atom stereocenters. The average Bonchev–Trinajstić information content (AvgIpc) is 3.05. The predicted octanol–water partition coefficient (Wildman–Crippen LogP) is 2.03. The number of ketones is 1. The Morgan fingerprint density at radius 2 is 1.88 bits per heavy atom. The first-order valence-electron chi connectivity index (χ1n) is 10.6. The van der Waals surface area contributed by atoms with Gasteiger partial charge in [0.05, 0.1) is 13.1 Å². The zero-order chi connectivity index (χ0) is 23.9. The molecule has 1 aromatic rings. The highest BCUT2D eigenvalue weighted by Gasteiger charge is 2.38. The van der Waals surface area contributed by atoms with E-state index in [0.29, 0.717) is 6.42 Å². The number of hydrogen-bond donors (Lipinski definition) is 2. The molecule has 0 saturated carbocycles. The highest BCUT2D eigenvalue weighted by molar-refractivity contribution is 5.96. The first-order valence-corrected chi connectivity index (χ1v) is 10.6. The van der Waals surface area contributed by atoms with Crippen molar-refractivity contribution >= 4 is 23.9 Å². The smallest absolute Gasteiger partial charge is 0.410 e. The van der Waals surface area contributed by atoms with E-state index in [-0.39, 0.29) is 31.4 Å². The molecule has 2 N–H and O–H groups in total. The second-order valence-corrected chi connectivity index (χ2v) is 9.15. The topological polar surface area (TPSA) is 127 Å². The molecule has 176 valence electrons. The Morgan fingerprint density at radius 1 is 1.22 bits per heavy atom. The summed E-state index contributed by atoms with van der Waals surface area (Å²) in [4.78, 5) is 54.7. The standard InChI is InChI=1S/C22H32N4O6/c1-14(2)10-16(25-20(29)31-13-15-6-8-23-9-7-15)19(28)24-17-11-26(12-18(17)27)21(30)32-22(3,4)5/h6-9,14,16-17H,10-13H2,1-5H3,(H,24,28)(H,25,29)/t16-,17?/m0/s1. The highest BCUT2D eigenvalue weighted by Crippen LogP contribution is 2.14. The summed E-state index contributed by atoms with van der Waals surface area (Å²) in [7, 11) is 0. The summed E-state index contributed by atoms with van der Waals surface area (Å²) < 4.78 is 10.5. The lowest BCUT2D eigenvalue weighted by molar-refractivity contribution is -0.127. The van der Waals surface area contributed by atoms with Gasteiger partial charge in [-0.1, -0.05) is 13.8 Å². The van der Waals surface area contributed by atoms with Crippen LogP contribution in [0.25, 0.3) is 0 Å². The van der Waals surface area contributed by atoms with Crippen LogP contribution in [0.3, 0.4) is 0 Å². The van der Waals surface area contributed by atoms with E-state index in [2.05, 4.69) is 15.6 Å². The zero-order valence-electron chi connectivity index (χ0n) is 19.2. The average molecular weight is 449 g/mol. The first kappa shape index (κ1) is 25.1. The second-order valence-electron chi connectivity index (χ2n) is 9.15. The number of ether oxygens (including phenoxy) is 2. The third kappa shape index (κ3) is 8.16. The molecule has 3 amide bonds. The molecule has 2 rings (SSSR count). The van der Waals surface area contributed by atoms with Gasteiger partial charge in [-0.25, -0.2) is 9.59 Å². The number of alkyl carbamates (subject to hydrolysis) is 1. The van der Waals surface area contributed by atoms with E-state index in [1.807, 2.05) is 13.8 Å². The van der Waals surface area contributed by atoms with Crippen molar-refractivity contribution in [1.29, 1.82) is 0 Å². The monoisotopic (exact) mass is 448 g/mol. The molecule has 1 aromatic heterocycles. The van der Waals surface area contributed by atoms with Gasteiger partial charge < -0.3 is 20.1 Å². The van der Waals surface area contributed by atoms with E-state index in [1.165, 1.54) is 4.90 Å². The van der Waals surface area contributed by atoms with Crippen LogP contribution >= 0.6 is 0 Å². The number of carbonyl (C=O) groups is 4. The van der Waals surface area contributed by atoms with Gasteiger partial charge in [0.25, 0.3) is 0 Å². The molecule has 0 bridgehead atoms. The zero-order valence-corrected chi connectivity index (χ0v) is 19.2. The number of aromatic nitrogens is 1. The number of nitrogens with one attached hydrogen (secondary N) is 2. The second kappa shape index (κ2) is 10.9. The summed E-state index contributed by atoms with van der Waals surface area (Å²) >= 11 is 0. The van der Waals surface area contributed by atoms with Crippen molar-refractivity contribution in [3.63, 3.8) is 0 Å².